The number of carbonyl (C=O) groups excluding carboxylic acids is 1. The summed E-state index contributed by atoms with van der Waals surface area (Å²) in [6.45, 7) is 8.28. The van der Waals surface area contributed by atoms with Gasteiger partial charge in [0.15, 0.2) is 0 Å². The minimum Gasteiger partial charge on any atom is -0.307 e. The fourth-order valence-electron chi connectivity index (χ4n) is 3.42. The quantitative estimate of drug-likeness (QED) is 0.603. The lowest BCUT2D eigenvalue weighted by Crippen LogP contribution is -2.50. The molecule has 0 aliphatic carbocycles. The third kappa shape index (κ3) is 3.46. The van der Waals surface area contributed by atoms with Crippen molar-refractivity contribution in [2.75, 3.05) is 10.2 Å². The summed E-state index contributed by atoms with van der Waals surface area (Å²) >= 11 is 12.0. The van der Waals surface area contributed by atoms with Crippen molar-refractivity contribution in [2.45, 2.75) is 39.7 Å². The number of nitrogens with zero attached hydrogens (tertiary/aromatic N) is 1. The van der Waals surface area contributed by atoms with E-state index in [1.165, 1.54) is 11.1 Å². The summed E-state index contributed by atoms with van der Waals surface area (Å²) in [6, 6.07) is 11.1. The highest BCUT2D eigenvalue weighted by molar-refractivity contribution is 6.42. The van der Waals surface area contributed by atoms with Gasteiger partial charge in [0, 0.05) is 11.3 Å². The van der Waals surface area contributed by atoms with Crippen molar-refractivity contribution in [2.24, 2.45) is 0 Å². The number of amides is 2. The van der Waals surface area contributed by atoms with Crippen LogP contribution in [0.3, 0.4) is 0 Å². The molecule has 1 heterocycles. The molecular weight excluding hydrogens is 367 g/mol. The van der Waals surface area contributed by atoms with E-state index in [4.69, 9.17) is 23.2 Å². The molecule has 5 heteroatoms. The first-order valence-electron chi connectivity index (χ1n) is 8.62. The van der Waals surface area contributed by atoms with E-state index in [1.54, 1.807) is 23.1 Å². The third-order valence-electron chi connectivity index (χ3n) is 4.65. The molecule has 0 spiro atoms. The first-order valence-corrected chi connectivity index (χ1v) is 9.37. The number of benzene rings is 2. The number of rotatable bonds is 2. The van der Waals surface area contributed by atoms with Gasteiger partial charge in [-0.3, -0.25) is 4.90 Å². The van der Waals surface area contributed by atoms with Gasteiger partial charge in [-0.1, -0.05) is 42.3 Å². The predicted molar refractivity (Wildman–Crippen MR) is 112 cm³/mol. The zero-order valence-electron chi connectivity index (χ0n) is 15.4. The van der Waals surface area contributed by atoms with Crippen molar-refractivity contribution in [1.29, 1.82) is 0 Å². The average molecular weight is 389 g/mol. The number of halogens is 2. The Labute approximate surface area is 164 Å². The molecule has 2 amide bonds. The summed E-state index contributed by atoms with van der Waals surface area (Å²) in [7, 11) is 0. The second-order valence-electron chi connectivity index (χ2n) is 7.08. The summed E-state index contributed by atoms with van der Waals surface area (Å²) in [5, 5.41) is 3.80. The second kappa shape index (κ2) is 6.98. The molecule has 0 bridgehead atoms. The Hall–Kier alpha value is -1.97. The Morgan fingerprint density at radius 2 is 1.85 bits per heavy atom. The number of nitrogens with one attached hydrogen (secondary N) is 1. The summed E-state index contributed by atoms with van der Waals surface area (Å²) < 4.78 is 0. The van der Waals surface area contributed by atoms with Crippen LogP contribution < -0.4 is 10.2 Å². The molecule has 0 fully saturated rings. The molecule has 1 N–H and O–H groups in total. The van der Waals surface area contributed by atoms with Crippen LogP contribution in [0.2, 0.25) is 10.0 Å². The highest BCUT2D eigenvalue weighted by Crippen LogP contribution is 2.40. The van der Waals surface area contributed by atoms with Crippen molar-refractivity contribution < 1.29 is 4.79 Å². The van der Waals surface area contributed by atoms with Gasteiger partial charge in [0.05, 0.1) is 21.3 Å². The zero-order chi connectivity index (χ0) is 19.1. The number of hydrogen-bond acceptors (Lipinski definition) is 1. The van der Waals surface area contributed by atoms with E-state index in [-0.39, 0.29) is 6.03 Å². The van der Waals surface area contributed by atoms with Crippen LogP contribution in [0.5, 0.6) is 0 Å². The number of allylic oxidation sites excluding steroid dienone is 1. The number of carbonyl (C=O) groups is 1. The molecule has 0 radical (unpaired) electrons. The number of fused-ring (bicyclic) bond motifs is 1. The Kier molecular flexibility index (Phi) is 5.05. The van der Waals surface area contributed by atoms with Crippen molar-refractivity contribution >= 4 is 46.2 Å². The number of anilines is 2. The smallest absolute Gasteiger partial charge is 0.307 e. The van der Waals surface area contributed by atoms with Crippen LogP contribution in [0, 0.1) is 0 Å². The molecule has 2 aromatic rings. The summed E-state index contributed by atoms with van der Waals surface area (Å²) in [4.78, 5) is 14.9. The van der Waals surface area contributed by atoms with Crippen molar-refractivity contribution in [3.8, 4) is 0 Å². The van der Waals surface area contributed by atoms with Gasteiger partial charge in [0.2, 0.25) is 0 Å². The first-order chi connectivity index (χ1) is 12.2. The standard InChI is InChI=1S/C21H22Cl2N2O/c1-5-14-6-9-19-16(10-14)13(2)12-21(3,4)25(19)20(26)24-15-7-8-17(22)18(23)11-15/h6-12H,5H2,1-4H3,(H,24,26). The maximum absolute atomic E-state index is 13.1. The lowest BCUT2D eigenvalue weighted by atomic mass is 9.88. The molecule has 136 valence electrons. The molecule has 0 unspecified atom stereocenters. The summed E-state index contributed by atoms with van der Waals surface area (Å²) in [5.74, 6) is 0. The molecule has 0 aromatic heterocycles. The Morgan fingerprint density at radius 3 is 2.50 bits per heavy atom. The Morgan fingerprint density at radius 1 is 1.12 bits per heavy atom. The van der Waals surface area contributed by atoms with Gasteiger partial charge in [0.25, 0.3) is 0 Å². The maximum atomic E-state index is 13.1. The van der Waals surface area contributed by atoms with E-state index < -0.39 is 5.54 Å². The van der Waals surface area contributed by atoms with Gasteiger partial charge in [-0.15, -0.1) is 0 Å². The van der Waals surface area contributed by atoms with Crippen LogP contribution in [-0.2, 0) is 6.42 Å². The van der Waals surface area contributed by atoms with Crippen LogP contribution in [0.1, 0.15) is 38.8 Å². The van der Waals surface area contributed by atoms with Gasteiger partial charge in [0.1, 0.15) is 0 Å². The van der Waals surface area contributed by atoms with Crippen molar-refractivity contribution in [1.82, 2.24) is 0 Å². The predicted octanol–water partition coefficient (Wildman–Crippen LogP) is 6.79. The van der Waals surface area contributed by atoms with Gasteiger partial charge in [-0.05, 0) is 68.7 Å². The molecule has 1 aliphatic heterocycles. The van der Waals surface area contributed by atoms with Crippen LogP contribution in [0.4, 0.5) is 16.2 Å². The maximum Gasteiger partial charge on any atom is 0.327 e. The molecule has 2 aromatic carbocycles. The van der Waals surface area contributed by atoms with E-state index in [0.717, 1.165) is 17.7 Å². The number of aryl methyl sites for hydroxylation is 1. The SMILES string of the molecule is CCc1ccc2c(c1)C(C)=CC(C)(C)N2C(=O)Nc1ccc(Cl)c(Cl)c1. The van der Waals surface area contributed by atoms with E-state index in [1.807, 2.05) is 19.9 Å². The first kappa shape index (κ1) is 18.8. The van der Waals surface area contributed by atoms with Gasteiger partial charge < -0.3 is 5.32 Å². The van der Waals surface area contributed by atoms with Crippen LogP contribution in [0.25, 0.3) is 5.57 Å². The zero-order valence-corrected chi connectivity index (χ0v) is 16.9. The summed E-state index contributed by atoms with van der Waals surface area (Å²) in [5.41, 5.74) is 4.58. The van der Waals surface area contributed by atoms with E-state index in [0.29, 0.717) is 15.7 Å². The van der Waals surface area contributed by atoms with E-state index in [2.05, 4.69) is 37.4 Å². The molecule has 0 saturated carbocycles. The topological polar surface area (TPSA) is 32.3 Å². The molecule has 0 saturated heterocycles. The van der Waals surface area contributed by atoms with Crippen molar-refractivity contribution in [3.05, 3.63) is 63.6 Å². The third-order valence-corrected chi connectivity index (χ3v) is 5.39. The Bertz CT molecular complexity index is 903. The van der Waals surface area contributed by atoms with Gasteiger partial charge in [-0.25, -0.2) is 4.79 Å². The molecular formula is C21H22Cl2N2O. The van der Waals surface area contributed by atoms with E-state index >= 15 is 0 Å². The normalized spacial score (nSPS) is 15.3. The molecule has 1 aliphatic rings. The average Bonchev–Trinajstić information content (AvgIpc) is 2.57. The molecule has 3 rings (SSSR count). The van der Waals surface area contributed by atoms with Gasteiger partial charge in [-0.2, -0.15) is 0 Å². The summed E-state index contributed by atoms with van der Waals surface area (Å²) in [6.07, 6.45) is 3.09. The number of urea groups is 1. The van der Waals surface area contributed by atoms with Crippen LogP contribution >= 0.6 is 23.2 Å². The largest absolute Gasteiger partial charge is 0.327 e. The minimum absolute atomic E-state index is 0.206. The second-order valence-corrected chi connectivity index (χ2v) is 7.89. The van der Waals surface area contributed by atoms with Crippen LogP contribution in [0.15, 0.2) is 42.5 Å². The van der Waals surface area contributed by atoms with E-state index in [9.17, 15) is 4.79 Å². The van der Waals surface area contributed by atoms with Crippen molar-refractivity contribution in [3.63, 3.8) is 0 Å². The van der Waals surface area contributed by atoms with Gasteiger partial charge >= 0.3 is 6.03 Å². The molecule has 26 heavy (non-hydrogen) atoms. The monoisotopic (exact) mass is 388 g/mol. The molecule has 0 atom stereocenters. The number of hydrogen-bond donors (Lipinski definition) is 1. The fraction of sp³-hybridized carbons (Fsp3) is 0.286. The lowest BCUT2D eigenvalue weighted by molar-refractivity contribution is 0.253. The Balaban J connectivity index is 2.00. The fourth-order valence-corrected chi connectivity index (χ4v) is 3.72. The molecule has 3 nitrogen and oxygen atoms in total. The van der Waals surface area contributed by atoms with Crippen LogP contribution in [-0.4, -0.2) is 11.6 Å². The minimum atomic E-state index is -0.453. The highest BCUT2D eigenvalue weighted by atomic mass is 35.5. The lowest BCUT2D eigenvalue weighted by Gasteiger charge is -2.41. The highest BCUT2D eigenvalue weighted by Gasteiger charge is 2.36.